The molecule has 2 aromatic heterocycles. The van der Waals surface area contributed by atoms with E-state index < -0.39 is 0 Å². The van der Waals surface area contributed by atoms with Crippen LogP contribution in [0, 0.1) is 6.92 Å². The van der Waals surface area contributed by atoms with E-state index in [4.69, 9.17) is 21.3 Å². The third-order valence-electron chi connectivity index (χ3n) is 5.67. The van der Waals surface area contributed by atoms with Crippen LogP contribution in [0.3, 0.4) is 0 Å². The van der Waals surface area contributed by atoms with Gasteiger partial charge in [-0.15, -0.1) is 11.3 Å². The van der Waals surface area contributed by atoms with Crippen molar-refractivity contribution in [2.75, 3.05) is 23.8 Å². The van der Waals surface area contributed by atoms with Gasteiger partial charge in [0.2, 0.25) is 5.91 Å². The van der Waals surface area contributed by atoms with Crippen LogP contribution in [0.4, 0.5) is 5.69 Å². The van der Waals surface area contributed by atoms with Crippen LogP contribution in [0.1, 0.15) is 11.1 Å². The normalized spacial score (nSPS) is 13.1. The molecular formula is C25H22ClN3O3S2. The monoisotopic (exact) mass is 511 g/mol. The number of ether oxygens (including phenoxy) is 1. The number of anilines is 1. The molecule has 34 heavy (non-hydrogen) atoms. The molecule has 6 nitrogen and oxygen atoms in total. The highest BCUT2D eigenvalue weighted by Gasteiger charge is 2.24. The molecule has 0 saturated heterocycles. The first kappa shape index (κ1) is 23.0. The van der Waals surface area contributed by atoms with E-state index in [-0.39, 0.29) is 17.2 Å². The van der Waals surface area contributed by atoms with Gasteiger partial charge in [0.15, 0.2) is 5.16 Å². The SMILES string of the molecule is Cc1ccc2c(c1)N(C(=O)CSc1nc3ccsc3c(=O)n1CCc1ccc(Cl)cc1)CCO2. The number of halogens is 1. The van der Waals surface area contributed by atoms with Crippen molar-refractivity contribution in [3.8, 4) is 5.75 Å². The van der Waals surface area contributed by atoms with E-state index in [1.54, 1.807) is 9.47 Å². The minimum Gasteiger partial charge on any atom is -0.490 e. The minimum atomic E-state index is -0.0729. The van der Waals surface area contributed by atoms with Crippen LogP contribution in [0.2, 0.25) is 5.02 Å². The number of carbonyl (C=O) groups is 1. The predicted octanol–water partition coefficient (Wildman–Crippen LogP) is 5.18. The number of hydrogen-bond acceptors (Lipinski definition) is 6. The van der Waals surface area contributed by atoms with Crippen molar-refractivity contribution in [3.05, 3.63) is 80.4 Å². The molecule has 0 aliphatic carbocycles. The van der Waals surface area contributed by atoms with E-state index in [0.717, 1.165) is 16.8 Å². The lowest BCUT2D eigenvalue weighted by molar-refractivity contribution is -0.116. The molecule has 3 heterocycles. The van der Waals surface area contributed by atoms with E-state index in [2.05, 4.69) is 0 Å². The van der Waals surface area contributed by atoms with Crippen molar-refractivity contribution < 1.29 is 9.53 Å². The van der Waals surface area contributed by atoms with Gasteiger partial charge in [-0.05, 0) is 60.2 Å². The van der Waals surface area contributed by atoms with Crippen molar-refractivity contribution >= 4 is 56.5 Å². The number of carbonyl (C=O) groups excluding carboxylic acids is 1. The average Bonchev–Trinajstić information content (AvgIpc) is 3.31. The standard InChI is InChI=1S/C25H22ClN3O3S2/c1-16-2-7-21-20(14-16)28(11-12-32-21)22(30)15-34-25-27-19-9-13-33-23(19)24(31)29(25)10-8-17-3-5-18(26)6-4-17/h2-7,9,13-14H,8,10-12,15H2,1H3. The topological polar surface area (TPSA) is 64.4 Å². The summed E-state index contributed by atoms with van der Waals surface area (Å²) in [5.41, 5.74) is 3.53. The third-order valence-corrected chi connectivity index (χ3v) is 7.78. The molecule has 5 rings (SSSR count). The van der Waals surface area contributed by atoms with Crippen LogP contribution in [0.5, 0.6) is 5.75 Å². The Balaban J connectivity index is 1.38. The zero-order valence-electron chi connectivity index (χ0n) is 18.5. The van der Waals surface area contributed by atoms with Crippen LogP contribution in [0.15, 0.2) is 63.9 Å². The molecule has 0 spiro atoms. The molecule has 9 heteroatoms. The van der Waals surface area contributed by atoms with E-state index in [9.17, 15) is 9.59 Å². The number of thiophene rings is 1. The van der Waals surface area contributed by atoms with E-state index in [1.807, 2.05) is 60.8 Å². The predicted molar refractivity (Wildman–Crippen MR) is 139 cm³/mol. The van der Waals surface area contributed by atoms with E-state index in [1.165, 1.54) is 23.1 Å². The largest absolute Gasteiger partial charge is 0.490 e. The molecular weight excluding hydrogens is 490 g/mol. The number of benzene rings is 2. The maximum atomic E-state index is 13.2. The first-order chi connectivity index (χ1) is 16.5. The Kier molecular flexibility index (Phi) is 6.63. The van der Waals surface area contributed by atoms with Gasteiger partial charge in [-0.3, -0.25) is 14.2 Å². The number of fused-ring (bicyclic) bond motifs is 2. The summed E-state index contributed by atoms with van der Waals surface area (Å²) < 4.78 is 8.02. The summed E-state index contributed by atoms with van der Waals surface area (Å²) >= 11 is 8.69. The van der Waals surface area contributed by atoms with Crippen LogP contribution >= 0.6 is 34.7 Å². The average molecular weight is 512 g/mol. The van der Waals surface area contributed by atoms with Gasteiger partial charge in [-0.2, -0.15) is 0 Å². The molecule has 174 valence electrons. The number of aromatic nitrogens is 2. The fourth-order valence-corrected chi connectivity index (χ4v) is 5.72. The van der Waals surface area contributed by atoms with Crippen molar-refractivity contribution in [3.63, 3.8) is 0 Å². The van der Waals surface area contributed by atoms with Gasteiger partial charge in [0.05, 0.1) is 23.5 Å². The van der Waals surface area contributed by atoms with Gasteiger partial charge in [0.1, 0.15) is 17.1 Å². The molecule has 0 bridgehead atoms. The van der Waals surface area contributed by atoms with Gasteiger partial charge in [0.25, 0.3) is 5.56 Å². The highest BCUT2D eigenvalue weighted by atomic mass is 35.5. The Morgan fingerprint density at radius 1 is 1.21 bits per heavy atom. The Labute approximate surface area is 210 Å². The molecule has 0 N–H and O–H groups in total. The third kappa shape index (κ3) is 4.71. The van der Waals surface area contributed by atoms with Gasteiger partial charge < -0.3 is 9.64 Å². The van der Waals surface area contributed by atoms with Crippen molar-refractivity contribution in [2.24, 2.45) is 0 Å². The summed E-state index contributed by atoms with van der Waals surface area (Å²) in [6, 6.07) is 15.3. The summed E-state index contributed by atoms with van der Waals surface area (Å²) in [4.78, 5) is 32.9. The lowest BCUT2D eigenvalue weighted by Gasteiger charge is -2.29. The maximum Gasteiger partial charge on any atom is 0.272 e. The molecule has 0 unspecified atom stereocenters. The highest BCUT2D eigenvalue weighted by molar-refractivity contribution is 7.99. The van der Waals surface area contributed by atoms with Crippen molar-refractivity contribution in [1.82, 2.24) is 9.55 Å². The smallest absolute Gasteiger partial charge is 0.272 e. The summed E-state index contributed by atoms with van der Waals surface area (Å²) in [6.07, 6.45) is 0.660. The summed E-state index contributed by atoms with van der Waals surface area (Å²) in [7, 11) is 0. The maximum absolute atomic E-state index is 13.2. The van der Waals surface area contributed by atoms with Gasteiger partial charge >= 0.3 is 0 Å². The summed E-state index contributed by atoms with van der Waals surface area (Å²) in [6.45, 7) is 3.41. The highest BCUT2D eigenvalue weighted by Crippen LogP contribution is 2.33. The second kappa shape index (κ2) is 9.82. The molecule has 0 fully saturated rings. The fraction of sp³-hybridized carbons (Fsp3) is 0.240. The number of rotatable bonds is 6. The Morgan fingerprint density at radius 2 is 2.03 bits per heavy atom. The van der Waals surface area contributed by atoms with Crippen LogP contribution in [0.25, 0.3) is 10.2 Å². The molecule has 4 aromatic rings. The molecule has 1 amide bonds. The Morgan fingerprint density at radius 3 is 2.85 bits per heavy atom. The lowest BCUT2D eigenvalue weighted by atomic mass is 10.1. The van der Waals surface area contributed by atoms with Gasteiger partial charge in [0, 0.05) is 11.6 Å². The van der Waals surface area contributed by atoms with Crippen molar-refractivity contribution in [1.29, 1.82) is 0 Å². The second-order valence-corrected chi connectivity index (χ2v) is 10.3. The fourth-order valence-electron chi connectivity index (χ4n) is 3.91. The molecule has 0 saturated carbocycles. The molecule has 0 radical (unpaired) electrons. The van der Waals surface area contributed by atoms with E-state index >= 15 is 0 Å². The Hall–Kier alpha value is -2.81. The zero-order chi connectivity index (χ0) is 23.7. The molecule has 1 aliphatic heterocycles. The first-order valence-corrected chi connectivity index (χ1v) is 13.1. The zero-order valence-corrected chi connectivity index (χ0v) is 20.9. The number of amides is 1. The Bertz CT molecular complexity index is 1420. The van der Waals surface area contributed by atoms with Crippen LogP contribution in [-0.2, 0) is 17.8 Å². The van der Waals surface area contributed by atoms with Gasteiger partial charge in [-0.1, -0.05) is 41.6 Å². The quantitative estimate of drug-likeness (QED) is 0.263. The minimum absolute atomic E-state index is 0.0379. The number of aryl methyl sites for hydroxylation is 2. The number of thioether (sulfide) groups is 1. The number of hydrogen-bond donors (Lipinski definition) is 0. The summed E-state index contributed by atoms with van der Waals surface area (Å²) in [5.74, 6) is 0.855. The first-order valence-electron chi connectivity index (χ1n) is 10.9. The van der Waals surface area contributed by atoms with Gasteiger partial charge in [-0.25, -0.2) is 4.98 Å². The van der Waals surface area contributed by atoms with Crippen LogP contribution < -0.4 is 15.2 Å². The van der Waals surface area contributed by atoms with Crippen molar-refractivity contribution in [2.45, 2.75) is 25.0 Å². The number of nitrogens with zero attached hydrogens (tertiary/aromatic N) is 3. The second-order valence-electron chi connectivity index (χ2n) is 8.02. The van der Waals surface area contributed by atoms with Crippen LogP contribution in [-0.4, -0.2) is 34.4 Å². The summed E-state index contributed by atoms with van der Waals surface area (Å²) in [5, 5.41) is 3.10. The molecule has 0 atom stereocenters. The molecule has 2 aromatic carbocycles. The molecule has 1 aliphatic rings. The lowest BCUT2D eigenvalue weighted by Crippen LogP contribution is -2.39. The van der Waals surface area contributed by atoms with E-state index in [0.29, 0.717) is 52.3 Å².